The van der Waals surface area contributed by atoms with Gasteiger partial charge in [0, 0.05) is 38.5 Å². The number of aliphatic hydroxyl groups excluding tert-OH is 1. The minimum atomic E-state index is -3.50. The monoisotopic (exact) mass is 344 g/mol. The molecule has 0 unspecified atom stereocenters. The van der Waals surface area contributed by atoms with Gasteiger partial charge in [0.05, 0.1) is 6.61 Å². The molecule has 1 amide bonds. The largest absolute Gasteiger partial charge is 0.396 e. The van der Waals surface area contributed by atoms with Crippen LogP contribution in [-0.4, -0.2) is 61.4 Å². The number of likely N-dealkylation sites (tertiary alicyclic amines) is 1. The molecule has 1 aromatic rings. The molecular formula is C14H20N2O4S2. The summed E-state index contributed by atoms with van der Waals surface area (Å²) in [5.41, 5.74) is -0.420. The second-order valence-electron chi connectivity index (χ2n) is 6.16. The molecule has 1 aromatic heterocycles. The Morgan fingerprint density at radius 1 is 1.50 bits per heavy atom. The number of nitrogens with zero attached hydrogens (tertiary/aromatic N) is 2. The number of hydrogen-bond acceptors (Lipinski definition) is 5. The fourth-order valence-electron chi connectivity index (χ4n) is 3.50. The van der Waals surface area contributed by atoms with Crippen LogP contribution in [-0.2, 0) is 14.8 Å². The van der Waals surface area contributed by atoms with Crippen molar-refractivity contribution in [2.45, 2.75) is 17.6 Å². The van der Waals surface area contributed by atoms with Crippen molar-refractivity contribution in [2.75, 3.05) is 32.8 Å². The third-order valence-corrected chi connectivity index (χ3v) is 8.14. The van der Waals surface area contributed by atoms with Crippen molar-refractivity contribution in [3.63, 3.8) is 0 Å². The Kier molecular flexibility index (Phi) is 4.05. The van der Waals surface area contributed by atoms with Gasteiger partial charge in [-0.3, -0.25) is 4.79 Å². The molecule has 3 heterocycles. The van der Waals surface area contributed by atoms with Crippen molar-refractivity contribution in [1.82, 2.24) is 9.21 Å². The molecule has 2 aliphatic heterocycles. The standard InChI is InChI=1S/C14H20N2O4S2/c1-11(18)15-5-4-14(10-17)9-16(8-12(14)7-15)22(19,20)13-3-2-6-21-13/h2-3,6,12,17H,4-5,7-10H2,1H3/t12-,14+/m1/s1. The maximum atomic E-state index is 12.7. The van der Waals surface area contributed by atoms with Crippen molar-refractivity contribution in [3.8, 4) is 0 Å². The molecule has 6 nitrogen and oxygen atoms in total. The molecule has 0 aliphatic carbocycles. The maximum absolute atomic E-state index is 12.7. The van der Waals surface area contributed by atoms with Crippen LogP contribution in [0.15, 0.2) is 21.7 Å². The van der Waals surface area contributed by atoms with Gasteiger partial charge in [-0.15, -0.1) is 11.3 Å². The van der Waals surface area contributed by atoms with Gasteiger partial charge < -0.3 is 10.0 Å². The molecule has 0 saturated carbocycles. The number of sulfonamides is 1. The van der Waals surface area contributed by atoms with Crippen LogP contribution in [0.1, 0.15) is 13.3 Å². The molecule has 1 N–H and O–H groups in total. The zero-order chi connectivity index (χ0) is 16.0. The highest BCUT2D eigenvalue weighted by molar-refractivity contribution is 7.91. The number of thiophene rings is 1. The second kappa shape index (κ2) is 5.59. The van der Waals surface area contributed by atoms with Gasteiger partial charge in [-0.05, 0) is 23.8 Å². The van der Waals surface area contributed by atoms with Gasteiger partial charge in [-0.2, -0.15) is 4.31 Å². The SMILES string of the molecule is CC(=O)N1CC[C@@]2(CO)CN(S(=O)(=O)c3cccs3)C[C@H]2C1. The molecular weight excluding hydrogens is 324 g/mol. The van der Waals surface area contributed by atoms with E-state index >= 15 is 0 Å². The maximum Gasteiger partial charge on any atom is 0.252 e. The van der Waals surface area contributed by atoms with Crippen LogP contribution in [0.5, 0.6) is 0 Å². The summed E-state index contributed by atoms with van der Waals surface area (Å²) in [5, 5.41) is 11.6. The molecule has 0 spiro atoms. The third kappa shape index (κ3) is 2.47. The number of fused-ring (bicyclic) bond motifs is 1. The number of amides is 1. The topological polar surface area (TPSA) is 77.9 Å². The predicted octanol–water partition coefficient (Wildman–Crippen LogP) is 0.599. The molecule has 0 radical (unpaired) electrons. The molecule has 2 aliphatic rings. The van der Waals surface area contributed by atoms with E-state index in [0.29, 0.717) is 36.8 Å². The van der Waals surface area contributed by atoms with E-state index in [1.54, 1.807) is 22.4 Å². The van der Waals surface area contributed by atoms with Gasteiger partial charge in [0.15, 0.2) is 0 Å². The number of hydrogen-bond donors (Lipinski definition) is 1. The molecule has 3 rings (SSSR count). The number of carbonyl (C=O) groups is 1. The normalized spacial score (nSPS) is 29.5. The van der Waals surface area contributed by atoms with Crippen molar-refractivity contribution in [1.29, 1.82) is 0 Å². The lowest BCUT2D eigenvalue weighted by molar-refractivity contribution is -0.133. The van der Waals surface area contributed by atoms with Crippen LogP contribution >= 0.6 is 11.3 Å². The van der Waals surface area contributed by atoms with Crippen LogP contribution in [0.4, 0.5) is 0 Å². The lowest BCUT2D eigenvalue weighted by atomic mass is 9.73. The zero-order valence-corrected chi connectivity index (χ0v) is 14.1. The van der Waals surface area contributed by atoms with E-state index in [1.807, 2.05) is 0 Å². The molecule has 2 fully saturated rings. The number of rotatable bonds is 3. The molecule has 122 valence electrons. The molecule has 8 heteroatoms. The van der Waals surface area contributed by atoms with Gasteiger partial charge in [0.1, 0.15) is 4.21 Å². The van der Waals surface area contributed by atoms with E-state index in [2.05, 4.69) is 0 Å². The summed E-state index contributed by atoms with van der Waals surface area (Å²) in [6.07, 6.45) is 0.643. The predicted molar refractivity (Wildman–Crippen MR) is 83.0 cm³/mol. The van der Waals surface area contributed by atoms with Crippen LogP contribution in [0, 0.1) is 11.3 Å². The van der Waals surface area contributed by atoms with Crippen LogP contribution in [0.25, 0.3) is 0 Å². The van der Waals surface area contributed by atoms with Gasteiger partial charge in [-0.25, -0.2) is 8.42 Å². The second-order valence-corrected chi connectivity index (χ2v) is 9.27. The van der Waals surface area contributed by atoms with Crippen LogP contribution in [0.2, 0.25) is 0 Å². The molecule has 0 aromatic carbocycles. The van der Waals surface area contributed by atoms with E-state index in [-0.39, 0.29) is 18.4 Å². The van der Waals surface area contributed by atoms with E-state index in [4.69, 9.17) is 0 Å². The van der Waals surface area contributed by atoms with E-state index in [1.165, 1.54) is 22.6 Å². The quantitative estimate of drug-likeness (QED) is 0.871. The van der Waals surface area contributed by atoms with Crippen molar-refractivity contribution >= 4 is 27.3 Å². The van der Waals surface area contributed by atoms with Crippen molar-refractivity contribution in [3.05, 3.63) is 17.5 Å². The Morgan fingerprint density at radius 2 is 2.27 bits per heavy atom. The molecule has 22 heavy (non-hydrogen) atoms. The van der Waals surface area contributed by atoms with Gasteiger partial charge in [0.25, 0.3) is 10.0 Å². The molecule has 2 saturated heterocycles. The smallest absolute Gasteiger partial charge is 0.252 e. The third-order valence-electron chi connectivity index (χ3n) is 4.95. The summed E-state index contributed by atoms with van der Waals surface area (Å²) in [6.45, 7) is 3.29. The summed E-state index contributed by atoms with van der Waals surface area (Å²) < 4.78 is 27.2. The van der Waals surface area contributed by atoms with Crippen LogP contribution in [0.3, 0.4) is 0 Å². The highest BCUT2D eigenvalue weighted by Crippen LogP contribution is 2.44. The first kappa shape index (κ1) is 15.9. The lowest BCUT2D eigenvalue weighted by Gasteiger charge is -2.42. The van der Waals surface area contributed by atoms with Gasteiger partial charge in [-0.1, -0.05) is 6.07 Å². The lowest BCUT2D eigenvalue weighted by Crippen LogP contribution is -2.50. The average Bonchev–Trinajstić information content (AvgIpc) is 3.14. The Labute approximate surface area is 134 Å². The molecule has 0 bridgehead atoms. The summed E-state index contributed by atoms with van der Waals surface area (Å²) >= 11 is 1.21. The van der Waals surface area contributed by atoms with Crippen molar-refractivity contribution < 1.29 is 18.3 Å². The Morgan fingerprint density at radius 3 is 2.86 bits per heavy atom. The van der Waals surface area contributed by atoms with E-state index < -0.39 is 15.4 Å². The first-order valence-electron chi connectivity index (χ1n) is 7.29. The molecule has 2 atom stereocenters. The summed E-state index contributed by atoms with van der Waals surface area (Å²) in [6, 6.07) is 3.33. The first-order valence-corrected chi connectivity index (χ1v) is 9.61. The average molecular weight is 344 g/mol. The van der Waals surface area contributed by atoms with Crippen LogP contribution < -0.4 is 0 Å². The number of aliphatic hydroxyl groups is 1. The highest BCUT2D eigenvalue weighted by Gasteiger charge is 2.52. The first-order chi connectivity index (χ1) is 10.4. The van der Waals surface area contributed by atoms with Crippen molar-refractivity contribution in [2.24, 2.45) is 11.3 Å². The van der Waals surface area contributed by atoms with Gasteiger partial charge >= 0.3 is 0 Å². The van der Waals surface area contributed by atoms with E-state index in [9.17, 15) is 18.3 Å². The Bertz CT molecular complexity index is 658. The van der Waals surface area contributed by atoms with E-state index in [0.717, 1.165) is 0 Å². The zero-order valence-electron chi connectivity index (χ0n) is 12.4. The fraction of sp³-hybridized carbons (Fsp3) is 0.643. The Hall–Kier alpha value is -0.960. The Balaban J connectivity index is 1.86. The minimum absolute atomic E-state index is 0.00565. The van der Waals surface area contributed by atoms with Gasteiger partial charge in [0.2, 0.25) is 5.91 Å². The number of carbonyl (C=O) groups excluding carboxylic acids is 1. The summed E-state index contributed by atoms with van der Waals surface area (Å²) in [7, 11) is -3.50. The highest BCUT2D eigenvalue weighted by atomic mass is 32.2. The minimum Gasteiger partial charge on any atom is -0.396 e. The fourth-order valence-corrected chi connectivity index (χ4v) is 6.22. The summed E-state index contributed by atoms with van der Waals surface area (Å²) in [4.78, 5) is 13.3. The summed E-state index contributed by atoms with van der Waals surface area (Å²) in [5.74, 6) is -0.00371. The number of piperidine rings is 1.